The number of nitrogens with one attached hydrogen (secondary N) is 3. The quantitative estimate of drug-likeness (QED) is 0.267. The summed E-state index contributed by atoms with van der Waals surface area (Å²) in [4.78, 5) is 14.0. The number of ether oxygens (including phenoxy) is 1. The van der Waals surface area contributed by atoms with E-state index in [1.807, 2.05) is 0 Å². The number of aromatic hydroxyl groups is 1. The van der Waals surface area contributed by atoms with Crippen molar-refractivity contribution >= 4 is 21.6 Å². The second-order valence-electron chi connectivity index (χ2n) is 8.37. The van der Waals surface area contributed by atoms with Gasteiger partial charge < -0.3 is 30.6 Å². The van der Waals surface area contributed by atoms with Gasteiger partial charge in [-0.25, -0.2) is 0 Å². The van der Waals surface area contributed by atoms with Crippen molar-refractivity contribution in [3.8, 4) is 5.75 Å². The Morgan fingerprint density at radius 1 is 1.19 bits per heavy atom. The Morgan fingerprint density at radius 3 is 2.72 bits per heavy atom. The summed E-state index contributed by atoms with van der Waals surface area (Å²) in [5.74, 6) is 0.509. The van der Waals surface area contributed by atoms with Crippen LogP contribution in [0.5, 0.6) is 5.75 Å². The molecule has 2 atom stereocenters. The maximum Gasteiger partial charge on any atom is 0.305 e. The van der Waals surface area contributed by atoms with E-state index in [0.717, 1.165) is 30.8 Å². The van der Waals surface area contributed by atoms with Crippen LogP contribution in [0, 0.1) is 5.92 Å². The summed E-state index contributed by atoms with van der Waals surface area (Å²) < 4.78 is 5.90. The van der Waals surface area contributed by atoms with Crippen LogP contribution in [0.25, 0.3) is 10.2 Å². The van der Waals surface area contributed by atoms with Gasteiger partial charge in [-0.15, -0.1) is 0 Å². The fourth-order valence-electron chi connectivity index (χ4n) is 3.69. The van der Waals surface area contributed by atoms with Crippen molar-refractivity contribution in [3.63, 3.8) is 0 Å². The number of thiazole rings is 1. The predicted octanol–water partition coefficient (Wildman–Crippen LogP) is 2.92. The molecule has 7 nitrogen and oxygen atoms in total. The number of phenolic OH excluding ortho intramolecular Hbond substituents is 1. The van der Waals surface area contributed by atoms with Gasteiger partial charge in [0.05, 0.1) is 17.4 Å². The summed E-state index contributed by atoms with van der Waals surface area (Å²) in [6.45, 7) is 6.94. The lowest BCUT2D eigenvalue weighted by atomic mass is 10.0. The van der Waals surface area contributed by atoms with Crippen molar-refractivity contribution in [2.45, 2.75) is 39.0 Å². The molecule has 0 aliphatic heterocycles. The average molecular weight is 460 g/mol. The molecule has 3 rings (SSSR count). The van der Waals surface area contributed by atoms with Crippen molar-refractivity contribution in [1.82, 2.24) is 15.6 Å². The Morgan fingerprint density at radius 2 is 1.97 bits per heavy atom. The molecule has 5 N–H and O–H groups in total. The Labute approximate surface area is 192 Å². The highest BCUT2D eigenvalue weighted by Crippen LogP contribution is 2.31. The second-order valence-corrected chi connectivity index (χ2v) is 9.35. The Bertz CT molecular complexity index is 1060. The normalized spacial score (nSPS) is 13.7. The minimum atomic E-state index is -0.770. The highest BCUT2D eigenvalue weighted by molar-refractivity contribution is 7.16. The van der Waals surface area contributed by atoms with Crippen LogP contribution in [0.3, 0.4) is 0 Å². The van der Waals surface area contributed by atoms with Crippen LogP contribution in [0.2, 0.25) is 0 Å². The first-order chi connectivity index (χ1) is 15.4. The zero-order chi connectivity index (χ0) is 23.1. The number of H-pyrrole nitrogens is 1. The number of aliphatic hydroxyl groups is 1. The SMILES string of the molecule is COC[C@H](NCc1cccc(CCNC[C@H](O)c2ccc(O)c3[nH]c(=O)sc23)c1)C(C)C. The van der Waals surface area contributed by atoms with Gasteiger partial charge in [-0.05, 0) is 36.1 Å². The fraction of sp³-hybridized carbons (Fsp3) is 0.458. The van der Waals surface area contributed by atoms with E-state index in [2.05, 4.69) is 53.7 Å². The van der Waals surface area contributed by atoms with E-state index in [0.29, 0.717) is 40.9 Å². The predicted molar refractivity (Wildman–Crippen MR) is 129 cm³/mol. The topological polar surface area (TPSA) is 107 Å². The number of aromatic amines is 1. The van der Waals surface area contributed by atoms with E-state index in [1.165, 1.54) is 17.2 Å². The number of phenols is 1. The summed E-state index contributed by atoms with van der Waals surface area (Å²) in [5.41, 5.74) is 3.48. The van der Waals surface area contributed by atoms with Crippen LogP contribution in [0.1, 0.15) is 36.6 Å². The minimum absolute atomic E-state index is 0.0126. The summed E-state index contributed by atoms with van der Waals surface area (Å²) in [6, 6.07) is 12.0. The first-order valence-corrected chi connectivity index (χ1v) is 11.7. The number of benzene rings is 2. The van der Waals surface area contributed by atoms with E-state index in [4.69, 9.17) is 4.74 Å². The Balaban J connectivity index is 1.50. The van der Waals surface area contributed by atoms with Crippen molar-refractivity contribution in [2.75, 3.05) is 26.8 Å². The lowest BCUT2D eigenvalue weighted by Crippen LogP contribution is -2.37. The van der Waals surface area contributed by atoms with Crippen molar-refractivity contribution < 1.29 is 14.9 Å². The van der Waals surface area contributed by atoms with Gasteiger partial charge in [-0.3, -0.25) is 4.79 Å². The van der Waals surface area contributed by atoms with Gasteiger partial charge in [0.1, 0.15) is 11.3 Å². The zero-order valence-corrected chi connectivity index (χ0v) is 19.7. The van der Waals surface area contributed by atoms with Crippen molar-refractivity contribution in [2.24, 2.45) is 5.92 Å². The van der Waals surface area contributed by atoms with E-state index in [1.54, 1.807) is 13.2 Å². The molecule has 0 saturated carbocycles. The first-order valence-electron chi connectivity index (χ1n) is 10.9. The molecule has 174 valence electrons. The van der Waals surface area contributed by atoms with E-state index in [9.17, 15) is 15.0 Å². The molecule has 1 heterocycles. The number of hydrogen-bond donors (Lipinski definition) is 5. The smallest absolute Gasteiger partial charge is 0.305 e. The van der Waals surface area contributed by atoms with Crippen LogP contribution in [-0.2, 0) is 17.7 Å². The molecule has 0 spiro atoms. The van der Waals surface area contributed by atoms with Gasteiger partial charge in [0.2, 0.25) is 0 Å². The van der Waals surface area contributed by atoms with Crippen molar-refractivity contribution in [1.29, 1.82) is 0 Å². The van der Waals surface area contributed by atoms with Crippen LogP contribution < -0.4 is 15.5 Å². The monoisotopic (exact) mass is 459 g/mol. The average Bonchev–Trinajstić information content (AvgIpc) is 3.16. The van der Waals surface area contributed by atoms with Crippen LogP contribution in [0.15, 0.2) is 41.2 Å². The Kier molecular flexibility index (Phi) is 8.84. The molecule has 32 heavy (non-hydrogen) atoms. The highest BCUT2D eigenvalue weighted by atomic mass is 32.1. The maximum absolute atomic E-state index is 11.7. The van der Waals surface area contributed by atoms with Crippen LogP contribution >= 0.6 is 11.3 Å². The number of rotatable bonds is 12. The maximum atomic E-state index is 11.7. The summed E-state index contributed by atoms with van der Waals surface area (Å²) in [6.07, 6.45) is 0.0724. The molecule has 0 amide bonds. The molecular weight excluding hydrogens is 426 g/mol. The number of fused-ring (bicyclic) bond motifs is 1. The third-order valence-corrected chi connectivity index (χ3v) is 6.52. The van der Waals surface area contributed by atoms with Gasteiger partial charge >= 0.3 is 4.87 Å². The summed E-state index contributed by atoms with van der Waals surface area (Å²) >= 11 is 0.997. The molecule has 0 aliphatic carbocycles. The third-order valence-electron chi connectivity index (χ3n) is 5.59. The third kappa shape index (κ3) is 6.40. The molecule has 8 heteroatoms. The Hall–Kier alpha value is -2.23. The molecule has 1 aromatic heterocycles. The molecule has 0 saturated heterocycles. The van der Waals surface area contributed by atoms with Gasteiger partial charge in [0.15, 0.2) is 0 Å². The highest BCUT2D eigenvalue weighted by Gasteiger charge is 2.16. The van der Waals surface area contributed by atoms with E-state index in [-0.39, 0.29) is 10.6 Å². The zero-order valence-electron chi connectivity index (χ0n) is 18.9. The number of aromatic nitrogens is 1. The van der Waals surface area contributed by atoms with E-state index >= 15 is 0 Å². The van der Waals surface area contributed by atoms with Gasteiger partial charge in [0.25, 0.3) is 0 Å². The fourth-order valence-corrected chi connectivity index (χ4v) is 4.61. The number of aliphatic hydroxyl groups excluding tert-OH is 1. The number of methoxy groups -OCH3 is 1. The minimum Gasteiger partial charge on any atom is -0.506 e. The number of hydrogen-bond acceptors (Lipinski definition) is 7. The molecule has 0 radical (unpaired) electrons. The van der Waals surface area contributed by atoms with Gasteiger partial charge in [0, 0.05) is 31.8 Å². The lowest BCUT2D eigenvalue weighted by molar-refractivity contribution is 0.146. The molecular formula is C24H33N3O4S. The van der Waals surface area contributed by atoms with Crippen LogP contribution in [-0.4, -0.2) is 48.0 Å². The van der Waals surface area contributed by atoms with Gasteiger partial charge in [-0.1, -0.05) is 55.5 Å². The molecule has 2 aromatic carbocycles. The summed E-state index contributed by atoms with van der Waals surface area (Å²) in [7, 11) is 1.73. The van der Waals surface area contributed by atoms with E-state index < -0.39 is 6.10 Å². The van der Waals surface area contributed by atoms with Crippen molar-refractivity contribution in [3.05, 3.63) is 62.8 Å². The largest absolute Gasteiger partial charge is 0.506 e. The van der Waals surface area contributed by atoms with Crippen LogP contribution in [0.4, 0.5) is 0 Å². The second kappa shape index (κ2) is 11.6. The lowest BCUT2D eigenvalue weighted by Gasteiger charge is -2.21. The molecule has 3 aromatic rings. The summed E-state index contributed by atoms with van der Waals surface area (Å²) in [5, 5.41) is 27.4. The first kappa shape index (κ1) is 24.4. The molecule has 0 fully saturated rings. The molecule has 0 unspecified atom stereocenters. The van der Waals surface area contributed by atoms with Gasteiger partial charge in [-0.2, -0.15) is 0 Å². The molecule has 0 bridgehead atoms. The molecule has 0 aliphatic rings. The standard InChI is InChI=1S/C24H33N3O4S/c1-15(2)19(14-31-3)26-12-17-6-4-5-16(11-17)9-10-25-13-21(29)18-7-8-20(28)22-23(18)32-24(30)27-22/h4-8,11,15,19,21,25-26,28-29H,9-10,12-14H2,1-3H3,(H,27,30)/t19-,21-/m0/s1.